The van der Waals surface area contributed by atoms with Gasteiger partial charge in [-0.05, 0) is 55.8 Å². The molecule has 0 amide bonds. The molecule has 3 N–H and O–H groups in total. The fraction of sp³-hybridized carbons (Fsp3) is 0.250. The Morgan fingerprint density at radius 2 is 1.87 bits per heavy atom. The zero-order valence-corrected chi connectivity index (χ0v) is 17.3. The molecule has 3 heterocycles. The van der Waals surface area contributed by atoms with E-state index >= 15 is 0 Å². The molecule has 1 atom stereocenters. The van der Waals surface area contributed by atoms with Crippen LogP contribution in [0.4, 0.5) is 0 Å². The molecule has 0 saturated heterocycles. The molecule has 0 fully saturated rings. The summed E-state index contributed by atoms with van der Waals surface area (Å²) in [6, 6.07) is 15.6. The van der Waals surface area contributed by atoms with Crippen LogP contribution in [0.25, 0.3) is 11.1 Å². The van der Waals surface area contributed by atoms with Crippen LogP contribution in [-0.4, -0.2) is 34.9 Å². The van der Waals surface area contributed by atoms with Crippen molar-refractivity contribution in [2.24, 2.45) is 10.7 Å². The van der Waals surface area contributed by atoms with E-state index in [1.54, 1.807) is 20.0 Å². The predicted molar refractivity (Wildman–Crippen MR) is 116 cm³/mol. The summed E-state index contributed by atoms with van der Waals surface area (Å²) in [4.78, 5) is 8.94. The molecule has 2 aliphatic heterocycles. The Balaban J connectivity index is 1.63. The molecule has 158 valence electrons. The number of nitrogens with zero attached hydrogens (tertiary/aromatic N) is 2. The van der Waals surface area contributed by atoms with Gasteiger partial charge in [0.05, 0.1) is 5.60 Å². The van der Waals surface area contributed by atoms with Crippen LogP contribution < -0.4 is 15.2 Å². The van der Waals surface area contributed by atoms with Crippen molar-refractivity contribution in [2.75, 3.05) is 13.2 Å². The van der Waals surface area contributed by atoms with Crippen molar-refractivity contribution in [3.05, 3.63) is 72.1 Å². The van der Waals surface area contributed by atoms with Crippen molar-refractivity contribution in [2.45, 2.75) is 25.0 Å². The second-order valence-corrected chi connectivity index (χ2v) is 8.41. The van der Waals surface area contributed by atoms with Crippen molar-refractivity contribution in [1.82, 2.24) is 4.98 Å². The van der Waals surface area contributed by atoms with E-state index in [9.17, 15) is 5.11 Å². The summed E-state index contributed by atoms with van der Waals surface area (Å²) in [5.74, 6) is 1.98. The number of ether oxygens (including phenoxy) is 3. The third kappa shape index (κ3) is 3.47. The highest BCUT2D eigenvalue weighted by molar-refractivity contribution is 5.78. The second-order valence-electron chi connectivity index (χ2n) is 8.41. The van der Waals surface area contributed by atoms with Gasteiger partial charge in [0.1, 0.15) is 30.5 Å². The highest BCUT2D eigenvalue weighted by Gasteiger charge is 2.47. The van der Waals surface area contributed by atoms with E-state index in [1.807, 2.05) is 54.7 Å². The average molecular weight is 417 g/mol. The minimum Gasteiger partial charge on any atom is -0.491 e. The van der Waals surface area contributed by atoms with Crippen molar-refractivity contribution in [3.63, 3.8) is 0 Å². The summed E-state index contributed by atoms with van der Waals surface area (Å²) in [5, 5.41) is 10.0. The first kappa shape index (κ1) is 19.4. The van der Waals surface area contributed by atoms with E-state index in [0.29, 0.717) is 17.2 Å². The molecule has 5 rings (SSSR count). The molecule has 1 spiro atoms. The zero-order chi connectivity index (χ0) is 21.6. The van der Waals surface area contributed by atoms with E-state index in [4.69, 9.17) is 24.9 Å². The van der Waals surface area contributed by atoms with Gasteiger partial charge in [-0.2, -0.15) is 0 Å². The van der Waals surface area contributed by atoms with E-state index < -0.39 is 11.1 Å². The van der Waals surface area contributed by atoms with Gasteiger partial charge in [-0.3, -0.25) is 4.98 Å². The van der Waals surface area contributed by atoms with Crippen molar-refractivity contribution >= 4 is 6.02 Å². The first-order valence-corrected chi connectivity index (χ1v) is 10.0. The van der Waals surface area contributed by atoms with Crippen LogP contribution in [0.5, 0.6) is 17.2 Å². The number of hydrogen-bond donors (Lipinski definition) is 2. The van der Waals surface area contributed by atoms with E-state index in [1.165, 1.54) is 0 Å². The molecule has 2 aliphatic rings. The molecule has 0 aliphatic carbocycles. The Hall–Kier alpha value is -3.58. The Morgan fingerprint density at radius 1 is 1.10 bits per heavy atom. The van der Waals surface area contributed by atoms with Gasteiger partial charge >= 0.3 is 0 Å². The van der Waals surface area contributed by atoms with E-state index in [-0.39, 0.29) is 19.2 Å². The number of amidine groups is 1. The Kier molecular flexibility index (Phi) is 4.37. The molecule has 2 aromatic carbocycles. The van der Waals surface area contributed by atoms with E-state index in [0.717, 1.165) is 22.3 Å². The van der Waals surface area contributed by atoms with Gasteiger partial charge in [0.25, 0.3) is 6.02 Å². The number of rotatable bonds is 4. The summed E-state index contributed by atoms with van der Waals surface area (Å²) in [6.07, 6.45) is 3.56. The zero-order valence-electron chi connectivity index (χ0n) is 17.3. The Labute approximate surface area is 180 Å². The number of nitrogens with two attached hydrogens (primary N) is 1. The molecule has 7 nitrogen and oxygen atoms in total. The number of pyridine rings is 1. The van der Waals surface area contributed by atoms with Gasteiger partial charge in [0.2, 0.25) is 0 Å². The molecule has 0 saturated carbocycles. The number of aliphatic hydroxyl groups is 1. The van der Waals surface area contributed by atoms with Crippen LogP contribution in [0.15, 0.2) is 65.9 Å². The lowest BCUT2D eigenvalue weighted by Crippen LogP contribution is -2.31. The molecule has 0 radical (unpaired) electrons. The molecule has 1 aromatic heterocycles. The third-order valence-electron chi connectivity index (χ3n) is 5.36. The van der Waals surface area contributed by atoms with Gasteiger partial charge in [0.15, 0.2) is 5.54 Å². The highest BCUT2D eigenvalue weighted by atomic mass is 16.5. The standard InChI is InChI=1S/C24H23N3O4/c1-23(2,28)13-29-17-6-8-21-19(11-17)24(14-30-22(25)27-24)18-10-15(5-7-20(18)31-21)16-4-3-9-26-12-16/h3-12,28H,13-14H2,1-2H3,(H2,25,27). The van der Waals surface area contributed by atoms with E-state index in [2.05, 4.69) is 4.98 Å². The molecule has 1 unspecified atom stereocenters. The van der Waals surface area contributed by atoms with Crippen LogP contribution in [0.3, 0.4) is 0 Å². The monoisotopic (exact) mass is 417 g/mol. The van der Waals surface area contributed by atoms with Crippen LogP contribution in [0.2, 0.25) is 0 Å². The van der Waals surface area contributed by atoms with Gasteiger partial charge < -0.3 is 25.1 Å². The third-order valence-corrected chi connectivity index (χ3v) is 5.36. The first-order chi connectivity index (χ1) is 14.8. The molecular weight excluding hydrogens is 394 g/mol. The summed E-state index contributed by atoms with van der Waals surface area (Å²) in [5.41, 5.74) is 7.82. The summed E-state index contributed by atoms with van der Waals surface area (Å²) < 4.78 is 17.7. The van der Waals surface area contributed by atoms with Crippen LogP contribution in [0.1, 0.15) is 25.0 Å². The van der Waals surface area contributed by atoms with Crippen molar-refractivity contribution in [1.29, 1.82) is 0 Å². The summed E-state index contributed by atoms with van der Waals surface area (Å²) >= 11 is 0. The lowest BCUT2D eigenvalue weighted by atomic mass is 9.80. The minimum absolute atomic E-state index is 0.133. The Morgan fingerprint density at radius 3 is 2.55 bits per heavy atom. The number of benzene rings is 2. The first-order valence-electron chi connectivity index (χ1n) is 10.0. The summed E-state index contributed by atoms with van der Waals surface area (Å²) in [6.45, 7) is 3.81. The van der Waals surface area contributed by atoms with Gasteiger partial charge in [0, 0.05) is 29.1 Å². The fourth-order valence-electron chi connectivity index (χ4n) is 3.90. The highest BCUT2D eigenvalue weighted by Crippen LogP contribution is 2.52. The fourth-order valence-corrected chi connectivity index (χ4v) is 3.90. The SMILES string of the molecule is CC(C)(O)COc1ccc2c(c1)C1(COC(N)=N1)c1cc(-c3cccnc3)ccc1O2. The lowest BCUT2D eigenvalue weighted by Gasteiger charge is -2.34. The topological polar surface area (TPSA) is 99.2 Å². The lowest BCUT2D eigenvalue weighted by molar-refractivity contribution is 0.0284. The van der Waals surface area contributed by atoms with Crippen molar-refractivity contribution in [3.8, 4) is 28.4 Å². The van der Waals surface area contributed by atoms with Crippen LogP contribution >= 0.6 is 0 Å². The second kappa shape index (κ2) is 6.99. The number of aliphatic imine (C=N–C) groups is 1. The maximum atomic E-state index is 10.0. The van der Waals surface area contributed by atoms with Crippen molar-refractivity contribution < 1.29 is 19.3 Å². The smallest absolute Gasteiger partial charge is 0.283 e. The largest absolute Gasteiger partial charge is 0.491 e. The molecule has 31 heavy (non-hydrogen) atoms. The average Bonchev–Trinajstić information content (AvgIpc) is 3.15. The molecular formula is C24H23N3O4. The maximum absolute atomic E-state index is 10.0. The number of aromatic nitrogens is 1. The molecule has 0 bridgehead atoms. The Bertz CT molecular complexity index is 1170. The van der Waals surface area contributed by atoms with Gasteiger partial charge in [-0.25, -0.2) is 4.99 Å². The quantitative estimate of drug-likeness (QED) is 0.673. The molecule has 7 heteroatoms. The number of hydrogen-bond acceptors (Lipinski definition) is 7. The normalized spacial score (nSPS) is 19.1. The predicted octanol–water partition coefficient (Wildman–Crippen LogP) is 3.59. The van der Waals surface area contributed by atoms with Crippen LogP contribution in [0, 0.1) is 0 Å². The van der Waals surface area contributed by atoms with Crippen LogP contribution in [-0.2, 0) is 10.3 Å². The minimum atomic E-state index is -0.950. The van der Waals surface area contributed by atoms with Gasteiger partial charge in [-0.15, -0.1) is 0 Å². The molecule has 3 aromatic rings. The maximum Gasteiger partial charge on any atom is 0.283 e. The van der Waals surface area contributed by atoms with Gasteiger partial charge in [-0.1, -0.05) is 12.1 Å². The summed E-state index contributed by atoms with van der Waals surface area (Å²) in [7, 11) is 0. The number of fused-ring (bicyclic) bond motifs is 4.